The topological polar surface area (TPSA) is 51.9 Å². The quantitative estimate of drug-likeness (QED) is 0.622. The Morgan fingerprint density at radius 2 is 1.81 bits per heavy atom. The summed E-state index contributed by atoms with van der Waals surface area (Å²) in [6.07, 6.45) is 0. The van der Waals surface area contributed by atoms with E-state index < -0.39 is 0 Å². The smallest absolute Gasteiger partial charge is 0.289 e. The second-order valence-electron chi connectivity index (χ2n) is 6.18. The Labute approximate surface area is 162 Å². The number of halogens is 1. The van der Waals surface area contributed by atoms with Crippen molar-refractivity contribution in [2.24, 2.45) is 0 Å². The van der Waals surface area contributed by atoms with Gasteiger partial charge < -0.3 is 18.8 Å². The van der Waals surface area contributed by atoms with Crippen molar-refractivity contribution < 1.29 is 18.7 Å². The van der Waals surface area contributed by atoms with Crippen LogP contribution in [-0.4, -0.2) is 24.1 Å². The molecular weight excluding hydrogens is 366 g/mol. The van der Waals surface area contributed by atoms with Crippen LogP contribution < -0.4 is 9.47 Å². The third-order valence-corrected chi connectivity index (χ3v) is 4.68. The van der Waals surface area contributed by atoms with Gasteiger partial charge >= 0.3 is 0 Å². The summed E-state index contributed by atoms with van der Waals surface area (Å²) < 4.78 is 16.5. The van der Waals surface area contributed by atoms with Crippen molar-refractivity contribution in [1.82, 2.24) is 4.90 Å². The summed E-state index contributed by atoms with van der Waals surface area (Å²) in [6.45, 7) is 3.19. The molecule has 1 amide bonds. The predicted molar refractivity (Wildman–Crippen MR) is 102 cm³/mol. The van der Waals surface area contributed by atoms with E-state index >= 15 is 0 Å². The third kappa shape index (κ3) is 3.64. The molecule has 0 bridgehead atoms. The van der Waals surface area contributed by atoms with Crippen LogP contribution in [-0.2, 0) is 6.54 Å². The van der Waals surface area contributed by atoms with E-state index in [1.807, 2.05) is 37.3 Å². The number of carbonyl (C=O) groups is 1. The molecule has 0 unspecified atom stereocenters. The lowest BCUT2D eigenvalue weighted by Crippen LogP contribution is -2.29. The molecule has 2 heterocycles. The largest absolute Gasteiger partial charge is 0.454 e. The molecule has 1 aliphatic heterocycles. The van der Waals surface area contributed by atoms with E-state index in [-0.39, 0.29) is 12.7 Å². The minimum absolute atomic E-state index is 0.157. The van der Waals surface area contributed by atoms with Crippen molar-refractivity contribution in [3.05, 3.63) is 70.9 Å². The summed E-state index contributed by atoms with van der Waals surface area (Å²) in [5.41, 5.74) is 1.84. The van der Waals surface area contributed by atoms with Gasteiger partial charge in [0.1, 0.15) is 5.76 Å². The van der Waals surface area contributed by atoms with Crippen LogP contribution in [0, 0.1) is 0 Å². The van der Waals surface area contributed by atoms with Crippen LogP contribution >= 0.6 is 11.6 Å². The molecular formula is C21H18ClNO4. The Kier molecular flexibility index (Phi) is 4.77. The second-order valence-corrected chi connectivity index (χ2v) is 6.61. The maximum Gasteiger partial charge on any atom is 0.289 e. The fraction of sp³-hybridized carbons (Fsp3) is 0.190. The molecule has 0 radical (unpaired) electrons. The molecule has 138 valence electrons. The summed E-state index contributed by atoms with van der Waals surface area (Å²) in [5.74, 6) is 2.22. The Morgan fingerprint density at radius 3 is 2.59 bits per heavy atom. The van der Waals surface area contributed by atoms with Gasteiger partial charge in [0.15, 0.2) is 17.3 Å². The first-order valence-electron chi connectivity index (χ1n) is 8.67. The lowest BCUT2D eigenvalue weighted by atomic mass is 10.2. The van der Waals surface area contributed by atoms with E-state index in [2.05, 4.69) is 0 Å². The van der Waals surface area contributed by atoms with E-state index in [0.717, 1.165) is 16.9 Å². The number of fused-ring (bicyclic) bond motifs is 1. The molecule has 0 spiro atoms. The first kappa shape index (κ1) is 17.5. The minimum Gasteiger partial charge on any atom is -0.454 e. The Bertz CT molecular complexity index is 965. The number of amides is 1. The first-order valence-corrected chi connectivity index (χ1v) is 9.05. The van der Waals surface area contributed by atoms with Gasteiger partial charge in [-0.15, -0.1) is 0 Å². The van der Waals surface area contributed by atoms with Gasteiger partial charge in [-0.2, -0.15) is 0 Å². The molecule has 0 saturated heterocycles. The van der Waals surface area contributed by atoms with Gasteiger partial charge in [0.25, 0.3) is 5.91 Å². The highest BCUT2D eigenvalue weighted by Gasteiger charge is 2.20. The number of rotatable bonds is 5. The molecule has 0 saturated carbocycles. The summed E-state index contributed by atoms with van der Waals surface area (Å²) in [6, 6.07) is 16.5. The van der Waals surface area contributed by atoms with Gasteiger partial charge in [-0.25, -0.2) is 0 Å². The maximum atomic E-state index is 12.9. The van der Waals surface area contributed by atoms with Gasteiger partial charge in [0, 0.05) is 23.7 Å². The van der Waals surface area contributed by atoms with Crippen LogP contribution in [0.1, 0.15) is 23.0 Å². The summed E-state index contributed by atoms with van der Waals surface area (Å²) in [4.78, 5) is 14.6. The third-order valence-electron chi connectivity index (χ3n) is 4.42. The molecule has 0 atom stereocenters. The van der Waals surface area contributed by atoms with E-state index in [9.17, 15) is 4.79 Å². The zero-order valence-corrected chi connectivity index (χ0v) is 15.5. The van der Waals surface area contributed by atoms with Crippen LogP contribution in [0.15, 0.2) is 59.0 Å². The van der Waals surface area contributed by atoms with Gasteiger partial charge in [0.05, 0.1) is 0 Å². The molecule has 2 aromatic carbocycles. The van der Waals surface area contributed by atoms with Gasteiger partial charge in [-0.3, -0.25) is 4.79 Å². The second kappa shape index (κ2) is 7.37. The standard InChI is InChI=1S/C21H18ClNO4/c1-2-23(12-14-3-8-18-20(11-14)26-13-25-18)21(24)19-10-9-17(27-19)15-4-6-16(22)7-5-15/h3-11H,2,12-13H2,1H3. The lowest BCUT2D eigenvalue weighted by molar-refractivity contribution is 0.0721. The Hall–Kier alpha value is -2.92. The highest BCUT2D eigenvalue weighted by Crippen LogP contribution is 2.33. The van der Waals surface area contributed by atoms with Gasteiger partial charge in [0.2, 0.25) is 6.79 Å². The van der Waals surface area contributed by atoms with Crippen molar-refractivity contribution >= 4 is 17.5 Å². The Morgan fingerprint density at radius 1 is 1.04 bits per heavy atom. The zero-order valence-electron chi connectivity index (χ0n) is 14.8. The van der Waals surface area contributed by atoms with Gasteiger partial charge in [-0.05, 0) is 61.0 Å². The highest BCUT2D eigenvalue weighted by molar-refractivity contribution is 6.30. The van der Waals surface area contributed by atoms with Crippen LogP contribution in [0.2, 0.25) is 5.02 Å². The van der Waals surface area contributed by atoms with Crippen molar-refractivity contribution in [2.45, 2.75) is 13.5 Å². The zero-order chi connectivity index (χ0) is 18.8. The van der Waals surface area contributed by atoms with Gasteiger partial charge in [-0.1, -0.05) is 17.7 Å². The summed E-state index contributed by atoms with van der Waals surface area (Å²) >= 11 is 5.92. The van der Waals surface area contributed by atoms with Crippen LogP contribution in [0.3, 0.4) is 0 Å². The average Bonchev–Trinajstić information content (AvgIpc) is 3.35. The molecule has 0 fully saturated rings. The van der Waals surface area contributed by atoms with Crippen LogP contribution in [0.5, 0.6) is 11.5 Å². The fourth-order valence-electron chi connectivity index (χ4n) is 2.96. The molecule has 1 aromatic heterocycles. The molecule has 27 heavy (non-hydrogen) atoms. The molecule has 0 N–H and O–H groups in total. The number of furan rings is 1. The number of carbonyl (C=O) groups excluding carboxylic acids is 1. The van der Waals surface area contributed by atoms with Crippen LogP contribution in [0.4, 0.5) is 0 Å². The van der Waals surface area contributed by atoms with Crippen molar-refractivity contribution in [2.75, 3.05) is 13.3 Å². The lowest BCUT2D eigenvalue weighted by Gasteiger charge is -2.20. The molecule has 1 aliphatic rings. The van der Waals surface area contributed by atoms with E-state index in [1.165, 1.54) is 0 Å². The normalized spacial score (nSPS) is 12.2. The van der Waals surface area contributed by atoms with Crippen molar-refractivity contribution in [3.8, 4) is 22.8 Å². The highest BCUT2D eigenvalue weighted by atomic mass is 35.5. The number of hydrogen-bond donors (Lipinski definition) is 0. The molecule has 6 heteroatoms. The molecule has 4 rings (SSSR count). The van der Waals surface area contributed by atoms with E-state index in [1.54, 1.807) is 29.2 Å². The van der Waals surface area contributed by atoms with E-state index in [0.29, 0.717) is 35.4 Å². The van der Waals surface area contributed by atoms with E-state index in [4.69, 9.17) is 25.5 Å². The number of nitrogens with zero attached hydrogens (tertiary/aromatic N) is 1. The Balaban J connectivity index is 1.51. The number of hydrogen-bond acceptors (Lipinski definition) is 4. The molecule has 5 nitrogen and oxygen atoms in total. The number of ether oxygens (including phenoxy) is 2. The predicted octanol–water partition coefficient (Wildman–Crippen LogP) is 4.99. The van der Waals surface area contributed by atoms with Crippen LogP contribution in [0.25, 0.3) is 11.3 Å². The maximum absolute atomic E-state index is 12.9. The first-order chi connectivity index (χ1) is 13.1. The minimum atomic E-state index is -0.157. The van der Waals surface area contributed by atoms with Crippen molar-refractivity contribution in [1.29, 1.82) is 0 Å². The SMILES string of the molecule is CCN(Cc1ccc2c(c1)OCO2)C(=O)c1ccc(-c2ccc(Cl)cc2)o1. The number of benzene rings is 2. The average molecular weight is 384 g/mol. The molecule has 3 aromatic rings. The van der Waals surface area contributed by atoms with Crippen molar-refractivity contribution in [3.63, 3.8) is 0 Å². The molecule has 0 aliphatic carbocycles. The fourth-order valence-corrected chi connectivity index (χ4v) is 3.09. The summed E-state index contributed by atoms with van der Waals surface area (Å²) in [7, 11) is 0. The monoisotopic (exact) mass is 383 g/mol. The summed E-state index contributed by atoms with van der Waals surface area (Å²) in [5, 5.41) is 0.655.